The predicted molar refractivity (Wildman–Crippen MR) is 275 cm³/mol. The van der Waals surface area contributed by atoms with Crippen LogP contribution in [0.3, 0.4) is 0 Å². The van der Waals surface area contributed by atoms with E-state index in [4.69, 9.17) is 4.18 Å². The molecule has 11 nitrogen and oxygen atoms in total. The van der Waals surface area contributed by atoms with Crippen molar-refractivity contribution in [2.24, 2.45) is 5.92 Å². The van der Waals surface area contributed by atoms with Crippen LogP contribution in [0.5, 0.6) is 0 Å². The quantitative estimate of drug-likeness (QED) is 0.108. The van der Waals surface area contributed by atoms with E-state index >= 15 is 0 Å². The monoisotopic (exact) mass is 1000 g/mol. The highest BCUT2D eigenvalue weighted by Gasteiger charge is 2.48. The van der Waals surface area contributed by atoms with Gasteiger partial charge in [-0.05, 0) is 92.3 Å². The van der Waals surface area contributed by atoms with Gasteiger partial charge < -0.3 is 0 Å². The van der Waals surface area contributed by atoms with Crippen LogP contribution in [0.4, 0.5) is 0 Å². The number of aryl methyl sites for hydroxylation is 3. The van der Waals surface area contributed by atoms with Crippen molar-refractivity contribution in [1.29, 1.82) is 10.5 Å². The van der Waals surface area contributed by atoms with E-state index in [1.54, 1.807) is 48.5 Å². The number of sulfonamides is 2. The molecule has 14 heteroatoms. The second kappa shape index (κ2) is 23.0. The van der Waals surface area contributed by atoms with Gasteiger partial charge in [0.25, 0.3) is 10.1 Å². The van der Waals surface area contributed by atoms with Crippen LogP contribution in [0.2, 0.25) is 0 Å². The lowest BCUT2D eigenvalue weighted by Crippen LogP contribution is -2.38. The van der Waals surface area contributed by atoms with Crippen molar-refractivity contribution in [3.63, 3.8) is 0 Å². The van der Waals surface area contributed by atoms with E-state index in [2.05, 4.69) is 12.1 Å². The molecule has 364 valence electrons. The van der Waals surface area contributed by atoms with Crippen LogP contribution >= 0.6 is 0 Å². The number of hydrogen-bond acceptors (Lipinski definition) is 9. The van der Waals surface area contributed by atoms with Crippen LogP contribution in [-0.2, 0) is 39.8 Å². The zero-order valence-electron chi connectivity index (χ0n) is 39.8. The van der Waals surface area contributed by atoms with Crippen LogP contribution in [0.15, 0.2) is 209 Å². The minimum atomic E-state index is -3.92. The van der Waals surface area contributed by atoms with Crippen molar-refractivity contribution in [1.82, 2.24) is 8.61 Å². The summed E-state index contributed by atoms with van der Waals surface area (Å²) in [5.74, 6) is -0.306. The summed E-state index contributed by atoms with van der Waals surface area (Å²) in [6, 6.07) is 64.0. The number of hydrogen-bond donors (Lipinski definition) is 0. The van der Waals surface area contributed by atoms with E-state index in [1.165, 1.54) is 20.7 Å². The number of benzene rings is 7. The molecule has 0 unspecified atom stereocenters. The Bertz CT molecular complexity index is 3200. The minimum Gasteiger partial charge on any atom is -0.262 e. The first-order chi connectivity index (χ1) is 34.1. The van der Waals surface area contributed by atoms with Gasteiger partial charge in [0.15, 0.2) is 0 Å². The lowest BCUT2D eigenvalue weighted by Gasteiger charge is -2.34. The van der Waals surface area contributed by atoms with Crippen molar-refractivity contribution < 1.29 is 29.4 Å². The molecule has 7 aromatic rings. The average molecular weight is 1010 g/mol. The molecule has 2 aliphatic rings. The molecule has 0 radical (unpaired) electrons. The SMILES string of the molecule is Cc1ccc(S(=O)(=O)N2CC[C@@H](C(C#N)(c3ccccc3)c3ccccc3)C2)cc1.Cc1ccc(S(=O)(=O)O[C@H]2CCN(S(=O)(=O)c3ccc(C)cc3)C2)cc1.N#CC(c1ccccc1)c1ccccc1. The second-order valence-electron chi connectivity index (χ2n) is 17.6. The molecule has 2 atom stereocenters. The molecular weight excluding hydrogens is 949 g/mol. The lowest BCUT2D eigenvalue weighted by atomic mass is 9.66. The highest BCUT2D eigenvalue weighted by molar-refractivity contribution is 7.89. The smallest absolute Gasteiger partial charge is 0.262 e. The van der Waals surface area contributed by atoms with Crippen LogP contribution in [0, 0.1) is 49.4 Å². The molecule has 71 heavy (non-hydrogen) atoms. The molecule has 0 spiro atoms. The van der Waals surface area contributed by atoms with Gasteiger partial charge >= 0.3 is 0 Å². The Morgan fingerprint density at radius 3 is 1.25 bits per heavy atom. The van der Waals surface area contributed by atoms with Crippen molar-refractivity contribution >= 4 is 30.2 Å². The van der Waals surface area contributed by atoms with Gasteiger partial charge in [0, 0.05) is 32.1 Å². The first kappa shape index (κ1) is 52.1. The average Bonchev–Trinajstić information content (AvgIpc) is 4.09. The number of nitrogens with zero attached hydrogens (tertiary/aromatic N) is 4. The van der Waals surface area contributed by atoms with Crippen molar-refractivity contribution in [3.05, 3.63) is 233 Å². The summed E-state index contributed by atoms with van der Waals surface area (Å²) in [5, 5.41) is 19.6. The molecule has 2 heterocycles. The Balaban J connectivity index is 0.000000165. The van der Waals surface area contributed by atoms with Crippen molar-refractivity contribution in [2.75, 3.05) is 26.2 Å². The molecule has 0 saturated carbocycles. The molecule has 0 N–H and O–H groups in total. The highest BCUT2D eigenvalue weighted by Crippen LogP contribution is 2.44. The molecule has 2 saturated heterocycles. The third-order valence-electron chi connectivity index (χ3n) is 12.8. The third kappa shape index (κ3) is 12.2. The van der Waals surface area contributed by atoms with E-state index in [9.17, 15) is 35.8 Å². The molecule has 0 amide bonds. The summed E-state index contributed by atoms with van der Waals surface area (Å²) in [6.45, 7) is 6.64. The zero-order valence-corrected chi connectivity index (χ0v) is 42.3. The summed E-state index contributed by atoms with van der Waals surface area (Å²) in [5.41, 5.74) is 5.93. The summed E-state index contributed by atoms with van der Waals surface area (Å²) >= 11 is 0. The van der Waals surface area contributed by atoms with Crippen LogP contribution < -0.4 is 0 Å². The van der Waals surface area contributed by atoms with Crippen LogP contribution in [0.1, 0.15) is 57.7 Å². The fraction of sp³-hybridized carbons (Fsp3) is 0.228. The Hall–Kier alpha value is -6.75. The second-order valence-corrected chi connectivity index (χ2v) is 23.1. The largest absolute Gasteiger partial charge is 0.297 e. The summed E-state index contributed by atoms with van der Waals surface area (Å²) in [7, 11) is -11.2. The molecule has 7 aromatic carbocycles. The van der Waals surface area contributed by atoms with E-state index in [0.29, 0.717) is 30.8 Å². The van der Waals surface area contributed by atoms with Gasteiger partial charge in [-0.25, -0.2) is 16.8 Å². The Labute approximate surface area is 419 Å². The highest BCUT2D eigenvalue weighted by atomic mass is 32.2. The predicted octanol–water partition coefficient (Wildman–Crippen LogP) is 10.3. The van der Waals surface area contributed by atoms with Gasteiger partial charge in [-0.2, -0.15) is 27.6 Å². The molecule has 0 aromatic heterocycles. The van der Waals surface area contributed by atoms with Gasteiger partial charge in [0.05, 0.1) is 38.8 Å². The lowest BCUT2D eigenvalue weighted by molar-refractivity contribution is 0.222. The molecular formula is C57H56N4O7S3. The van der Waals surface area contributed by atoms with E-state index < -0.39 is 41.7 Å². The van der Waals surface area contributed by atoms with Crippen molar-refractivity contribution in [2.45, 2.75) is 65.7 Å². The Morgan fingerprint density at radius 1 is 0.493 bits per heavy atom. The maximum Gasteiger partial charge on any atom is 0.297 e. The minimum absolute atomic E-state index is 0.0152. The van der Waals surface area contributed by atoms with Crippen LogP contribution in [-0.4, -0.2) is 66.1 Å². The Morgan fingerprint density at radius 2 is 0.859 bits per heavy atom. The first-order valence-electron chi connectivity index (χ1n) is 23.2. The third-order valence-corrected chi connectivity index (χ3v) is 17.9. The van der Waals surface area contributed by atoms with Crippen LogP contribution in [0.25, 0.3) is 0 Å². The van der Waals surface area contributed by atoms with Gasteiger partial charge in [-0.15, -0.1) is 0 Å². The summed E-state index contributed by atoms with van der Waals surface area (Å²) in [6.07, 6.45) is 0.264. The first-order valence-corrected chi connectivity index (χ1v) is 27.5. The molecule has 0 bridgehead atoms. The fourth-order valence-electron chi connectivity index (χ4n) is 8.85. The summed E-state index contributed by atoms with van der Waals surface area (Å²) in [4.78, 5) is 0.573. The Kier molecular flexibility index (Phi) is 16.9. The van der Waals surface area contributed by atoms with E-state index in [1.807, 2.05) is 154 Å². The van der Waals surface area contributed by atoms with Crippen molar-refractivity contribution in [3.8, 4) is 12.1 Å². The standard InChI is InChI=1S/C25H24N2O2S.C18H21NO5S2.C14H11N/c1-20-12-14-24(15-13-20)30(28,29)27-17-16-23(18-27)25(19-26,21-8-4-2-5-9-21)22-10-6-3-7-11-22;1-14-3-7-17(8-4-14)25(20,21)19-12-11-16(13-19)24-26(22,23)18-9-5-15(2)6-10-18;15-11-14(12-7-3-1-4-8-12)13-9-5-2-6-10-13/h2-15,23H,16-18H2,1H3;3-10,16H,11-13H2,1-2H3;1-10,14H/t23-;16-;/m10./s1. The molecule has 9 rings (SSSR count). The topological polar surface area (TPSA) is 166 Å². The number of rotatable bonds is 12. The van der Waals surface area contributed by atoms with E-state index in [0.717, 1.165) is 38.9 Å². The maximum absolute atomic E-state index is 13.2. The molecule has 2 fully saturated rings. The van der Waals surface area contributed by atoms with Gasteiger partial charge in [0.1, 0.15) is 5.41 Å². The zero-order chi connectivity index (χ0) is 50.7. The number of nitriles is 2. The summed E-state index contributed by atoms with van der Waals surface area (Å²) < 4.78 is 84.6. The van der Waals surface area contributed by atoms with Gasteiger partial charge in [-0.3, -0.25) is 4.18 Å². The van der Waals surface area contributed by atoms with E-state index in [-0.39, 0.29) is 34.7 Å². The normalized spacial score (nSPS) is 16.4. The van der Waals surface area contributed by atoms with Gasteiger partial charge in [0.2, 0.25) is 20.0 Å². The maximum atomic E-state index is 13.2. The molecule has 0 aliphatic carbocycles. The fourth-order valence-corrected chi connectivity index (χ4v) is 12.9. The molecule has 2 aliphatic heterocycles. The van der Waals surface area contributed by atoms with Gasteiger partial charge in [-0.1, -0.05) is 174 Å².